The van der Waals surface area contributed by atoms with Gasteiger partial charge < -0.3 is 9.64 Å². The minimum absolute atomic E-state index is 0.108. The Hall–Kier alpha value is -2.63. The highest BCUT2D eigenvalue weighted by Gasteiger charge is 2.24. The summed E-state index contributed by atoms with van der Waals surface area (Å²) in [4.78, 5) is 26.6. The molecule has 25 heavy (non-hydrogen) atoms. The van der Waals surface area contributed by atoms with Crippen LogP contribution in [0.3, 0.4) is 0 Å². The molecule has 1 aliphatic heterocycles. The van der Waals surface area contributed by atoms with E-state index < -0.39 is 12.1 Å². The van der Waals surface area contributed by atoms with E-state index in [1.165, 1.54) is 0 Å². The fraction of sp³-hybridized carbons (Fsp3) is 0.421. The van der Waals surface area contributed by atoms with Crippen molar-refractivity contribution in [2.75, 3.05) is 13.1 Å². The maximum absolute atomic E-state index is 12.5. The summed E-state index contributed by atoms with van der Waals surface area (Å²) in [6, 6.07) is 8.79. The molecule has 0 saturated carbocycles. The number of aromatic nitrogens is 2. The minimum Gasteiger partial charge on any atom is -0.449 e. The molecule has 1 aromatic carbocycles. The van der Waals surface area contributed by atoms with Gasteiger partial charge in [-0.05, 0) is 50.1 Å². The highest BCUT2D eigenvalue weighted by atomic mass is 16.5. The summed E-state index contributed by atoms with van der Waals surface area (Å²) in [6.07, 6.45) is 7.09. The zero-order valence-electron chi connectivity index (χ0n) is 14.4. The van der Waals surface area contributed by atoms with Crippen LogP contribution in [0.1, 0.15) is 43.0 Å². The smallest absolute Gasteiger partial charge is 0.338 e. The van der Waals surface area contributed by atoms with Gasteiger partial charge in [-0.15, -0.1) is 0 Å². The first-order valence-electron chi connectivity index (χ1n) is 8.75. The number of benzene rings is 1. The molecule has 132 valence electrons. The fourth-order valence-electron chi connectivity index (χ4n) is 3.00. The van der Waals surface area contributed by atoms with E-state index in [-0.39, 0.29) is 5.91 Å². The van der Waals surface area contributed by atoms with Gasteiger partial charge >= 0.3 is 5.97 Å². The third kappa shape index (κ3) is 4.26. The average molecular weight is 341 g/mol. The van der Waals surface area contributed by atoms with E-state index in [0.29, 0.717) is 5.56 Å². The van der Waals surface area contributed by atoms with Gasteiger partial charge in [-0.25, -0.2) is 9.48 Å². The largest absolute Gasteiger partial charge is 0.449 e. The van der Waals surface area contributed by atoms with E-state index in [9.17, 15) is 9.59 Å². The fourth-order valence-corrected chi connectivity index (χ4v) is 3.00. The van der Waals surface area contributed by atoms with Crippen LogP contribution in [0.5, 0.6) is 0 Å². The lowest BCUT2D eigenvalue weighted by Crippen LogP contribution is -2.40. The predicted molar refractivity (Wildman–Crippen MR) is 93.5 cm³/mol. The van der Waals surface area contributed by atoms with Crippen molar-refractivity contribution in [3.63, 3.8) is 0 Å². The summed E-state index contributed by atoms with van der Waals surface area (Å²) < 4.78 is 7.08. The number of hydrogen-bond acceptors (Lipinski definition) is 4. The first kappa shape index (κ1) is 17.2. The first-order valence-corrected chi connectivity index (χ1v) is 8.75. The van der Waals surface area contributed by atoms with E-state index in [1.807, 2.05) is 17.2 Å². The maximum Gasteiger partial charge on any atom is 0.338 e. The Labute approximate surface area is 147 Å². The molecule has 0 unspecified atom stereocenters. The number of ether oxygens (including phenoxy) is 1. The number of hydrogen-bond donors (Lipinski definition) is 0. The monoisotopic (exact) mass is 341 g/mol. The van der Waals surface area contributed by atoms with Crippen molar-refractivity contribution < 1.29 is 14.3 Å². The van der Waals surface area contributed by atoms with Gasteiger partial charge in [0, 0.05) is 25.5 Å². The molecule has 2 heterocycles. The summed E-state index contributed by atoms with van der Waals surface area (Å²) in [5.41, 5.74) is 1.28. The summed E-state index contributed by atoms with van der Waals surface area (Å²) in [5, 5.41) is 4.14. The molecular weight excluding hydrogens is 318 g/mol. The Morgan fingerprint density at radius 1 is 1.08 bits per heavy atom. The van der Waals surface area contributed by atoms with Crippen LogP contribution in [-0.4, -0.2) is 45.8 Å². The molecule has 6 heteroatoms. The van der Waals surface area contributed by atoms with Crippen molar-refractivity contribution in [1.82, 2.24) is 14.7 Å². The van der Waals surface area contributed by atoms with Gasteiger partial charge in [-0.2, -0.15) is 5.10 Å². The number of esters is 1. The van der Waals surface area contributed by atoms with Gasteiger partial charge in [0.15, 0.2) is 6.10 Å². The van der Waals surface area contributed by atoms with Gasteiger partial charge in [0.1, 0.15) is 0 Å². The molecule has 0 N–H and O–H groups in total. The molecule has 0 radical (unpaired) electrons. The van der Waals surface area contributed by atoms with Crippen LogP contribution in [0.4, 0.5) is 0 Å². The van der Waals surface area contributed by atoms with Crippen molar-refractivity contribution in [2.45, 2.75) is 38.7 Å². The molecule has 1 fully saturated rings. The highest BCUT2D eigenvalue weighted by Crippen LogP contribution is 2.14. The van der Waals surface area contributed by atoms with E-state index in [1.54, 1.807) is 42.1 Å². The molecule has 6 nitrogen and oxygen atoms in total. The van der Waals surface area contributed by atoms with Gasteiger partial charge in [-0.3, -0.25) is 4.79 Å². The number of likely N-dealkylation sites (tertiary alicyclic amines) is 1. The predicted octanol–water partition coefficient (Wildman–Crippen LogP) is 2.82. The second-order valence-electron chi connectivity index (χ2n) is 6.28. The molecule has 1 atom stereocenters. The van der Waals surface area contributed by atoms with Gasteiger partial charge in [0.2, 0.25) is 0 Å². The molecule has 3 rings (SSSR count). The van der Waals surface area contributed by atoms with E-state index in [0.717, 1.165) is 44.5 Å². The number of carbonyl (C=O) groups excluding carboxylic acids is 2. The quantitative estimate of drug-likeness (QED) is 0.802. The molecule has 1 aliphatic rings. The van der Waals surface area contributed by atoms with Crippen LogP contribution in [0.15, 0.2) is 42.7 Å². The molecule has 1 saturated heterocycles. The Morgan fingerprint density at radius 3 is 2.36 bits per heavy atom. The minimum atomic E-state index is -0.767. The second kappa shape index (κ2) is 7.96. The lowest BCUT2D eigenvalue weighted by molar-refractivity contribution is -0.139. The zero-order chi connectivity index (χ0) is 17.6. The number of nitrogens with zero attached hydrogens (tertiary/aromatic N) is 3. The molecule has 0 spiro atoms. The Balaban J connectivity index is 1.60. The van der Waals surface area contributed by atoms with Crippen molar-refractivity contribution in [3.8, 4) is 5.69 Å². The van der Waals surface area contributed by atoms with Crippen LogP contribution >= 0.6 is 0 Å². The summed E-state index contributed by atoms with van der Waals surface area (Å²) in [5.74, 6) is -0.592. The molecule has 2 aromatic rings. The third-order valence-corrected chi connectivity index (χ3v) is 4.42. The molecule has 0 aliphatic carbocycles. The van der Waals surface area contributed by atoms with E-state index in [2.05, 4.69) is 5.10 Å². The van der Waals surface area contributed by atoms with E-state index >= 15 is 0 Å². The molecule has 0 bridgehead atoms. The average Bonchev–Trinajstić information content (AvgIpc) is 3.03. The summed E-state index contributed by atoms with van der Waals surface area (Å²) in [6.45, 7) is 3.14. The van der Waals surface area contributed by atoms with Crippen molar-refractivity contribution in [1.29, 1.82) is 0 Å². The van der Waals surface area contributed by atoms with Crippen LogP contribution < -0.4 is 0 Å². The molecular formula is C19H23N3O3. The Kier molecular flexibility index (Phi) is 5.48. The number of carbonyl (C=O) groups is 2. The van der Waals surface area contributed by atoms with Crippen LogP contribution in [0.25, 0.3) is 5.69 Å². The van der Waals surface area contributed by atoms with Gasteiger partial charge in [0.25, 0.3) is 5.91 Å². The van der Waals surface area contributed by atoms with Crippen LogP contribution in [0.2, 0.25) is 0 Å². The number of rotatable bonds is 4. The van der Waals surface area contributed by atoms with Crippen LogP contribution in [0, 0.1) is 0 Å². The van der Waals surface area contributed by atoms with E-state index in [4.69, 9.17) is 4.74 Å². The Morgan fingerprint density at radius 2 is 1.76 bits per heavy atom. The molecule has 1 aromatic heterocycles. The van der Waals surface area contributed by atoms with Crippen molar-refractivity contribution in [2.24, 2.45) is 0 Å². The highest BCUT2D eigenvalue weighted by molar-refractivity contribution is 5.92. The topological polar surface area (TPSA) is 64.4 Å². The van der Waals surface area contributed by atoms with Gasteiger partial charge in [-0.1, -0.05) is 12.8 Å². The third-order valence-electron chi connectivity index (χ3n) is 4.42. The summed E-state index contributed by atoms with van der Waals surface area (Å²) in [7, 11) is 0. The lowest BCUT2D eigenvalue weighted by atomic mass is 10.2. The standard InChI is InChI=1S/C19H23N3O3/c1-15(18(23)21-12-4-2-3-5-13-21)25-19(24)16-7-9-17(10-8-16)22-14-6-11-20-22/h6-11,14-15H,2-5,12-13H2,1H3/t15-/m0/s1. The van der Waals surface area contributed by atoms with Crippen molar-refractivity contribution in [3.05, 3.63) is 48.3 Å². The summed E-state index contributed by atoms with van der Waals surface area (Å²) >= 11 is 0. The zero-order valence-corrected chi connectivity index (χ0v) is 14.4. The lowest BCUT2D eigenvalue weighted by Gasteiger charge is -2.24. The van der Waals surface area contributed by atoms with Crippen molar-refractivity contribution >= 4 is 11.9 Å². The Bertz CT molecular complexity index is 702. The SMILES string of the molecule is C[C@H](OC(=O)c1ccc(-n2cccn2)cc1)C(=O)N1CCCCCC1. The normalized spacial score (nSPS) is 16.1. The molecule has 1 amide bonds. The maximum atomic E-state index is 12.5. The first-order chi connectivity index (χ1) is 12.1. The number of amides is 1. The van der Waals surface area contributed by atoms with Crippen LogP contribution in [-0.2, 0) is 9.53 Å². The van der Waals surface area contributed by atoms with Gasteiger partial charge in [0.05, 0.1) is 11.3 Å². The second-order valence-corrected chi connectivity index (χ2v) is 6.28.